The van der Waals surface area contributed by atoms with Crippen LogP contribution in [-0.2, 0) is 0 Å². The largest absolute Gasteiger partial charge is 0.350 e. The van der Waals surface area contributed by atoms with Crippen LogP contribution >= 0.6 is 0 Å². The van der Waals surface area contributed by atoms with Gasteiger partial charge in [0, 0.05) is 23.9 Å². The molecule has 0 aliphatic carbocycles. The second kappa shape index (κ2) is 5.66. The molecule has 0 radical (unpaired) electrons. The molecule has 0 unspecified atom stereocenters. The summed E-state index contributed by atoms with van der Waals surface area (Å²) in [6.45, 7) is 5.11. The van der Waals surface area contributed by atoms with Gasteiger partial charge in [-0.1, -0.05) is 0 Å². The highest BCUT2D eigenvalue weighted by atomic mass is 16.6. The fraction of sp³-hybridized carbons (Fsp3) is 0. The van der Waals surface area contributed by atoms with Gasteiger partial charge in [-0.2, -0.15) is 0 Å². The van der Waals surface area contributed by atoms with Crippen LogP contribution in [0.2, 0.25) is 0 Å². The Morgan fingerprint density at radius 1 is 1.00 bits per heavy atom. The van der Waals surface area contributed by atoms with Crippen molar-refractivity contribution in [1.82, 2.24) is 0 Å². The lowest BCUT2D eigenvalue weighted by atomic mass is 10.2. The number of hydrogen-bond acceptors (Lipinski definition) is 5. The van der Waals surface area contributed by atoms with Crippen LogP contribution in [0.3, 0.4) is 0 Å². The predicted molar refractivity (Wildman–Crippen MR) is 77.4 cm³/mol. The quantitative estimate of drug-likeness (QED) is 0.679. The molecule has 0 amide bonds. The van der Waals surface area contributed by atoms with Crippen molar-refractivity contribution in [1.29, 1.82) is 0 Å². The molecule has 0 aliphatic heterocycles. The minimum absolute atomic E-state index is 0.156. The summed E-state index contributed by atoms with van der Waals surface area (Å²) in [5.74, 6) is 0. The first-order valence-electron chi connectivity index (χ1n) is 5.72. The second-order valence-corrected chi connectivity index (χ2v) is 4.02. The Hall–Kier alpha value is -3.47. The number of anilines is 2. The van der Waals surface area contributed by atoms with Crippen molar-refractivity contribution in [3.8, 4) is 6.57 Å². The first-order valence-corrected chi connectivity index (χ1v) is 5.72. The number of nitro benzene ring substituents is 2. The Kier molecular flexibility index (Phi) is 3.76. The molecule has 104 valence electrons. The zero-order chi connectivity index (χ0) is 15.4. The van der Waals surface area contributed by atoms with Crippen LogP contribution in [0.25, 0.3) is 4.85 Å². The number of benzene rings is 2. The van der Waals surface area contributed by atoms with Crippen LogP contribution < -0.4 is 5.32 Å². The van der Waals surface area contributed by atoms with Crippen molar-refractivity contribution in [2.75, 3.05) is 5.32 Å². The number of non-ortho nitro benzene ring substituents is 1. The standard InChI is InChI=1S/C13H9N4O4/c1-14-9-2-4-10(5-3-9)15-12-7-6-11(16(18)19)8-13(12)17(20)21/h1-8,15H/q+1. The SMILES string of the molecule is C#[N+]c1ccc(Nc2ccc([N+](=O)[O-])cc2[N+](=O)[O-])cc1. The molecule has 8 nitrogen and oxygen atoms in total. The molecule has 21 heavy (non-hydrogen) atoms. The monoisotopic (exact) mass is 285 g/mol. The first kappa shape index (κ1) is 14.0. The molecular weight excluding hydrogens is 276 g/mol. The number of hydrogen-bond donors (Lipinski definition) is 1. The minimum atomic E-state index is -0.686. The smallest absolute Gasteiger partial charge is 0.340 e. The summed E-state index contributed by atoms with van der Waals surface area (Å²) in [6, 6.07) is 9.91. The van der Waals surface area contributed by atoms with E-state index in [9.17, 15) is 20.2 Å². The van der Waals surface area contributed by atoms with E-state index in [1.807, 2.05) is 0 Å². The number of nitrogens with one attached hydrogen (secondary N) is 1. The van der Waals surface area contributed by atoms with E-state index in [4.69, 9.17) is 6.57 Å². The highest BCUT2D eigenvalue weighted by Crippen LogP contribution is 2.31. The third-order valence-electron chi connectivity index (χ3n) is 2.68. The molecule has 0 saturated heterocycles. The number of nitro groups is 2. The van der Waals surface area contributed by atoms with Crippen LogP contribution in [0.1, 0.15) is 0 Å². The van der Waals surface area contributed by atoms with E-state index in [0.717, 1.165) is 6.07 Å². The Labute approximate surface area is 118 Å². The van der Waals surface area contributed by atoms with Gasteiger partial charge in [0.2, 0.25) is 0 Å². The molecule has 1 N–H and O–H groups in total. The van der Waals surface area contributed by atoms with Crippen molar-refractivity contribution >= 4 is 28.4 Å². The maximum Gasteiger partial charge on any atom is 0.340 e. The highest BCUT2D eigenvalue weighted by molar-refractivity contribution is 5.72. The average Bonchev–Trinajstić information content (AvgIpc) is 2.48. The molecule has 8 heteroatoms. The van der Waals surface area contributed by atoms with Crippen molar-refractivity contribution in [3.63, 3.8) is 0 Å². The maximum atomic E-state index is 11.0. The van der Waals surface area contributed by atoms with Crippen LogP contribution in [0.4, 0.5) is 28.4 Å². The Morgan fingerprint density at radius 3 is 2.19 bits per heavy atom. The zero-order valence-corrected chi connectivity index (χ0v) is 10.6. The minimum Gasteiger partial charge on any atom is -0.350 e. The molecule has 0 aliphatic rings. The molecular formula is C13H9N4O4+. The normalized spacial score (nSPS) is 9.67. The summed E-state index contributed by atoms with van der Waals surface area (Å²) in [5.41, 5.74) is 0.558. The first-order chi connectivity index (χ1) is 10.0. The van der Waals surface area contributed by atoms with Gasteiger partial charge in [-0.25, -0.2) is 0 Å². The van der Waals surface area contributed by atoms with Gasteiger partial charge in [-0.05, 0) is 23.0 Å². The second-order valence-electron chi connectivity index (χ2n) is 4.02. The van der Waals surface area contributed by atoms with Gasteiger partial charge in [0.15, 0.2) is 0 Å². The van der Waals surface area contributed by atoms with Gasteiger partial charge in [-0.3, -0.25) is 20.2 Å². The van der Waals surface area contributed by atoms with Gasteiger partial charge < -0.3 is 5.32 Å². The topological polar surface area (TPSA) is 103 Å². The Bertz CT molecular complexity index is 750. The summed E-state index contributed by atoms with van der Waals surface area (Å²) in [7, 11) is 0. The molecule has 0 aromatic heterocycles. The Morgan fingerprint density at radius 2 is 1.67 bits per heavy atom. The third-order valence-corrected chi connectivity index (χ3v) is 2.68. The number of nitrogens with zero attached hydrogens (tertiary/aromatic N) is 3. The Balaban J connectivity index is 2.36. The number of rotatable bonds is 4. The van der Waals surface area contributed by atoms with E-state index in [1.54, 1.807) is 24.3 Å². The maximum absolute atomic E-state index is 11.0. The molecule has 0 saturated carbocycles. The fourth-order valence-electron chi connectivity index (χ4n) is 1.68. The molecule has 2 rings (SSSR count). The van der Waals surface area contributed by atoms with Crippen LogP contribution in [0.15, 0.2) is 42.5 Å². The van der Waals surface area contributed by atoms with Crippen molar-refractivity contribution in [2.24, 2.45) is 0 Å². The summed E-state index contributed by atoms with van der Waals surface area (Å²) >= 11 is 0. The third kappa shape index (κ3) is 3.10. The van der Waals surface area contributed by atoms with Crippen LogP contribution in [0.5, 0.6) is 0 Å². The molecule has 0 bridgehead atoms. The predicted octanol–water partition coefficient (Wildman–Crippen LogP) is 3.84. The van der Waals surface area contributed by atoms with Crippen molar-refractivity contribution in [2.45, 2.75) is 0 Å². The summed E-state index contributed by atoms with van der Waals surface area (Å²) in [5, 5.41) is 24.5. The molecule has 0 fully saturated rings. The van der Waals surface area contributed by atoms with Gasteiger partial charge in [0.1, 0.15) is 5.69 Å². The highest BCUT2D eigenvalue weighted by Gasteiger charge is 2.19. The average molecular weight is 285 g/mol. The van der Waals surface area contributed by atoms with Crippen molar-refractivity contribution in [3.05, 3.63) is 67.5 Å². The van der Waals surface area contributed by atoms with E-state index in [2.05, 4.69) is 10.2 Å². The lowest BCUT2D eigenvalue weighted by molar-refractivity contribution is -0.393. The summed E-state index contributed by atoms with van der Waals surface area (Å²) in [4.78, 5) is 23.8. The molecule has 0 spiro atoms. The zero-order valence-electron chi connectivity index (χ0n) is 10.6. The van der Waals surface area contributed by atoms with E-state index < -0.39 is 9.85 Å². The van der Waals surface area contributed by atoms with Crippen LogP contribution in [-0.4, -0.2) is 9.85 Å². The molecule has 0 heterocycles. The molecule has 0 atom stereocenters. The van der Waals surface area contributed by atoms with E-state index in [1.165, 1.54) is 12.1 Å². The van der Waals surface area contributed by atoms with Crippen LogP contribution in [0, 0.1) is 26.8 Å². The van der Waals surface area contributed by atoms with Gasteiger partial charge in [0.05, 0.1) is 15.9 Å². The molecule has 2 aromatic carbocycles. The fourth-order valence-corrected chi connectivity index (χ4v) is 1.68. The van der Waals surface area contributed by atoms with Crippen molar-refractivity contribution < 1.29 is 9.85 Å². The van der Waals surface area contributed by atoms with Gasteiger partial charge in [0.25, 0.3) is 17.9 Å². The lowest BCUT2D eigenvalue weighted by Gasteiger charge is -2.06. The summed E-state index contributed by atoms with van der Waals surface area (Å²) < 4.78 is 0. The van der Waals surface area contributed by atoms with E-state index in [-0.39, 0.29) is 17.1 Å². The van der Waals surface area contributed by atoms with Gasteiger partial charge in [-0.15, -0.1) is 0 Å². The molecule has 2 aromatic rings. The lowest BCUT2D eigenvalue weighted by Crippen LogP contribution is -1.98. The summed E-state index contributed by atoms with van der Waals surface area (Å²) in [6.07, 6.45) is 0. The van der Waals surface area contributed by atoms with Gasteiger partial charge >= 0.3 is 5.69 Å². The van der Waals surface area contributed by atoms with E-state index >= 15 is 0 Å². The van der Waals surface area contributed by atoms with E-state index in [0.29, 0.717) is 11.4 Å².